The highest BCUT2D eigenvalue weighted by molar-refractivity contribution is 7.17. The third-order valence-corrected chi connectivity index (χ3v) is 4.91. The van der Waals surface area contributed by atoms with Crippen molar-refractivity contribution in [3.63, 3.8) is 0 Å². The summed E-state index contributed by atoms with van der Waals surface area (Å²) in [5.41, 5.74) is 1.95. The maximum absolute atomic E-state index is 12.5. The van der Waals surface area contributed by atoms with Gasteiger partial charge >= 0.3 is 5.97 Å². The summed E-state index contributed by atoms with van der Waals surface area (Å²) in [6, 6.07) is 5.33. The van der Waals surface area contributed by atoms with Crippen LogP contribution in [-0.4, -0.2) is 23.5 Å². The fourth-order valence-electron chi connectivity index (χ4n) is 2.52. The monoisotopic (exact) mass is 398 g/mol. The van der Waals surface area contributed by atoms with Gasteiger partial charge in [-0.15, -0.1) is 0 Å². The molecule has 7 nitrogen and oxygen atoms in total. The molecule has 1 aromatic carbocycles. The summed E-state index contributed by atoms with van der Waals surface area (Å²) in [5, 5.41) is 3.31. The zero-order valence-corrected chi connectivity index (χ0v) is 16.4. The Kier molecular flexibility index (Phi) is 5.70. The molecular weight excluding hydrogens is 380 g/mol. The Morgan fingerprint density at radius 3 is 2.86 bits per heavy atom. The number of aryl methyl sites for hydroxylation is 2. The average molecular weight is 398 g/mol. The van der Waals surface area contributed by atoms with E-state index in [1.165, 1.54) is 18.4 Å². The summed E-state index contributed by atoms with van der Waals surface area (Å²) in [6.07, 6.45) is 3.92. The normalized spacial score (nSPS) is 11.1. The third-order valence-electron chi connectivity index (χ3n) is 3.86. The van der Waals surface area contributed by atoms with E-state index in [0.29, 0.717) is 21.5 Å². The van der Waals surface area contributed by atoms with Crippen molar-refractivity contribution >= 4 is 45.4 Å². The molecule has 0 fully saturated rings. The number of ether oxygens (including phenoxy) is 1. The molecule has 8 heteroatoms. The van der Waals surface area contributed by atoms with E-state index in [0.717, 1.165) is 16.9 Å². The number of esters is 1. The molecule has 2 heterocycles. The number of aromatic nitrogens is 1. The number of nitrogens with zero attached hydrogens (tertiary/aromatic N) is 1. The maximum Gasteiger partial charge on any atom is 0.350 e. The van der Waals surface area contributed by atoms with E-state index in [1.54, 1.807) is 26.0 Å². The summed E-state index contributed by atoms with van der Waals surface area (Å²) >= 11 is 1.03. The zero-order chi connectivity index (χ0) is 20.3. The number of carbonyl (C=O) groups is 2. The molecule has 1 N–H and O–H groups in total. The fourth-order valence-corrected chi connectivity index (χ4v) is 3.39. The van der Waals surface area contributed by atoms with Crippen molar-refractivity contribution < 1.29 is 18.7 Å². The minimum Gasteiger partial charge on any atom is -0.463 e. The molecule has 1 amide bonds. The van der Waals surface area contributed by atoms with Gasteiger partial charge in [-0.05, 0) is 39.0 Å². The van der Waals surface area contributed by atoms with Crippen LogP contribution in [0.3, 0.4) is 0 Å². The molecule has 0 aliphatic heterocycles. The highest BCUT2D eigenvalue weighted by Crippen LogP contribution is 2.23. The lowest BCUT2D eigenvalue weighted by Crippen LogP contribution is -2.09. The molecule has 0 radical (unpaired) electrons. The van der Waals surface area contributed by atoms with Crippen LogP contribution >= 0.6 is 11.3 Å². The molecule has 0 saturated heterocycles. The number of thiazole rings is 1. The zero-order valence-electron chi connectivity index (χ0n) is 15.6. The lowest BCUT2D eigenvalue weighted by atomic mass is 10.1. The first-order valence-electron chi connectivity index (χ1n) is 8.54. The summed E-state index contributed by atoms with van der Waals surface area (Å²) in [5.74, 6) is -0.953. The molecule has 0 atom stereocenters. The Hall–Kier alpha value is -3.26. The van der Waals surface area contributed by atoms with Gasteiger partial charge in [0.05, 0.1) is 23.3 Å². The van der Waals surface area contributed by atoms with Crippen molar-refractivity contribution in [3.8, 4) is 0 Å². The van der Waals surface area contributed by atoms with Crippen molar-refractivity contribution in [2.24, 2.45) is 0 Å². The van der Waals surface area contributed by atoms with Gasteiger partial charge in [0.15, 0.2) is 10.6 Å². The molecule has 3 rings (SSSR count). The van der Waals surface area contributed by atoms with Gasteiger partial charge in [0.2, 0.25) is 5.91 Å². The van der Waals surface area contributed by atoms with E-state index in [9.17, 15) is 14.4 Å². The van der Waals surface area contributed by atoms with Gasteiger partial charge in [0.25, 0.3) is 0 Å². The number of carbonyl (C=O) groups excluding carboxylic acids is 2. The van der Waals surface area contributed by atoms with Crippen LogP contribution in [0, 0.1) is 13.8 Å². The van der Waals surface area contributed by atoms with Crippen molar-refractivity contribution in [1.82, 2.24) is 4.98 Å². The molecule has 0 aliphatic rings. The van der Waals surface area contributed by atoms with Crippen LogP contribution in [0.2, 0.25) is 0 Å². The SMILES string of the molecule is CCOC(=O)c1sc(NC(=O)/C=C/c2coc3ccc(C)cc3c2=O)nc1C. The number of nitrogens with one attached hydrogen (secondary N) is 1. The van der Waals surface area contributed by atoms with E-state index >= 15 is 0 Å². The largest absolute Gasteiger partial charge is 0.463 e. The number of anilines is 1. The average Bonchev–Trinajstić information content (AvgIpc) is 3.02. The predicted molar refractivity (Wildman–Crippen MR) is 108 cm³/mol. The Bertz CT molecular complexity index is 1140. The molecule has 3 aromatic rings. The van der Waals surface area contributed by atoms with Gasteiger partial charge in [0.1, 0.15) is 16.7 Å². The summed E-state index contributed by atoms with van der Waals surface area (Å²) in [4.78, 5) is 41.0. The topological polar surface area (TPSA) is 98.5 Å². The first-order valence-corrected chi connectivity index (χ1v) is 9.36. The highest BCUT2D eigenvalue weighted by atomic mass is 32.1. The van der Waals surface area contributed by atoms with Gasteiger partial charge in [-0.3, -0.25) is 14.9 Å². The van der Waals surface area contributed by atoms with E-state index in [4.69, 9.17) is 9.15 Å². The first-order chi connectivity index (χ1) is 13.4. The number of rotatable bonds is 5. The Morgan fingerprint density at radius 1 is 1.32 bits per heavy atom. The van der Waals surface area contributed by atoms with Crippen LogP contribution in [0.15, 0.2) is 39.7 Å². The molecule has 0 bridgehead atoms. The summed E-state index contributed by atoms with van der Waals surface area (Å²) in [6.45, 7) is 5.52. The van der Waals surface area contributed by atoms with Gasteiger partial charge in [-0.1, -0.05) is 23.0 Å². The van der Waals surface area contributed by atoms with E-state index in [2.05, 4.69) is 10.3 Å². The van der Waals surface area contributed by atoms with Crippen molar-refractivity contribution in [3.05, 3.63) is 62.5 Å². The van der Waals surface area contributed by atoms with E-state index in [-0.39, 0.29) is 22.7 Å². The van der Waals surface area contributed by atoms with Crippen LogP contribution in [0.5, 0.6) is 0 Å². The third kappa shape index (κ3) is 4.17. The Morgan fingerprint density at radius 2 is 2.11 bits per heavy atom. The number of benzene rings is 1. The van der Waals surface area contributed by atoms with Gasteiger partial charge < -0.3 is 9.15 Å². The van der Waals surface area contributed by atoms with Crippen LogP contribution in [-0.2, 0) is 9.53 Å². The fraction of sp³-hybridized carbons (Fsp3) is 0.200. The Balaban J connectivity index is 1.77. The number of hydrogen-bond acceptors (Lipinski definition) is 7. The van der Waals surface area contributed by atoms with Crippen molar-refractivity contribution in [2.75, 3.05) is 11.9 Å². The Labute approximate surface area is 164 Å². The minimum absolute atomic E-state index is 0.219. The lowest BCUT2D eigenvalue weighted by Gasteiger charge is -2.00. The highest BCUT2D eigenvalue weighted by Gasteiger charge is 2.17. The molecule has 2 aromatic heterocycles. The van der Waals surface area contributed by atoms with Gasteiger partial charge in [0, 0.05) is 6.08 Å². The molecule has 0 aliphatic carbocycles. The number of fused-ring (bicyclic) bond motifs is 1. The minimum atomic E-state index is -0.479. The quantitative estimate of drug-likeness (QED) is 0.520. The van der Waals surface area contributed by atoms with Crippen LogP contribution in [0.25, 0.3) is 17.0 Å². The second kappa shape index (κ2) is 8.18. The van der Waals surface area contributed by atoms with Crippen LogP contribution < -0.4 is 10.7 Å². The van der Waals surface area contributed by atoms with Gasteiger partial charge in [-0.2, -0.15) is 0 Å². The van der Waals surface area contributed by atoms with Crippen molar-refractivity contribution in [2.45, 2.75) is 20.8 Å². The second-order valence-corrected chi connectivity index (χ2v) is 7.00. The summed E-state index contributed by atoms with van der Waals surface area (Å²) in [7, 11) is 0. The van der Waals surface area contributed by atoms with Crippen LogP contribution in [0.1, 0.15) is 33.4 Å². The van der Waals surface area contributed by atoms with E-state index in [1.807, 2.05) is 13.0 Å². The van der Waals surface area contributed by atoms with E-state index < -0.39 is 11.9 Å². The molecule has 0 spiro atoms. The predicted octanol–water partition coefficient (Wildman–Crippen LogP) is 3.69. The molecular formula is C20H18N2O5S. The standard InChI is InChI=1S/C20H18N2O5S/c1-4-26-19(25)18-12(3)21-20(28-18)22-16(23)8-6-13-10-27-15-7-5-11(2)9-14(15)17(13)24/h5-10H,4H2,1-3H3,(H,21,22,23)/b8-6+. The number of amides is 1. The number of hydrogen-bond donors (Lipinski definition) is 1. The molecule has 0 unspecified atom stereocenters. The molecule has 0 saturated carbocycles. The smallest absolute Gasteiger partial charge is 0.350 e. The second-order valence-electron chi connectivity index (χ2n) is 6.00. The first kappa shape index (κ1) is 19.5. The van der Waals surface area contributed by atoms with Gasteiger partial charge in [-0.25, -0.2) is 9.78 Å². The molecule has 144 valence electrons. The molecule has 28 heavy (non-hydrogen) atoms. The van der Waals surface area contributed by atoms with Crippen molar-refractivity contribution in [1.29, 1.82) is 0 Å². The van der Waals surface area contributed by atoms with Crippen LogP contribution in [0.4, 0.5) is 5.13 Å². The maximum atomic E-state index is 12.5. The summed E-state index contributed by atoms with van der Waals surface area (Å²) < 4.78 is 10.4. The lowest BCUT2D eigenvalue weighted by molar-refractivity contribution is -0.111.